The number of H-pyrrole nitrogens is 1. The number of aryl methyl sites for hydroxylation is 1. The van der Waals surface area contributed by atoms with E-state index < -0.39 is 17.2 Å². The van der Waals surface area contributed by atoms with Crippen molar-refractivity contribution in [3.63, 3.8) is 0 Å². The molecule has 1 atom stereocenters. The summed E-state index contributed by atoms with van der Waals surface area (Å²) in [6.45, 7) is 7.88. The molecule has 2 aromatic heterocycles. The zero-order valence-corrected chi connectivity index (χ0v) is 18.3. The van der Waals surface area contributed by atoms with Gasteiger partial charge in [-0.1, -0.05) is 41.9 Å². The monoisotopic (exact) mass is 458 g/mol. The van der Waals surface area contributed by atoms with Crippen molar-refractivity contribution in [2.45, 2.75) is 46.2 Å². The number of carbonyl (C=O) groups excluding carboxylic acids is 1. The molecule has 3 aromatic rings. The highest BCUT2D eigenvalue weighted by Crippen LogP contribution is 2.22. The number of amides is 1. The Bertz CT molecular complexity index is 1200. The molecule has 7 nitrogen and oxygen atoms in total. The van der Waals surface area contributed by atoms with Gasteiger partial charge in [-0.3, -0.25) is 19.1 Å². The molecule has 0 aliphatic heterocycles. The molecule has 0 saturated carbocycles. The fraction of sp³-hybridized carbons (Fsp3) is 0.333. The molecule has 1 aromatic carbocycles. The van der Waals surface area contributed by atoms with Crippen molar-refractivity contribution in [2.75, 3.05) is 0 Å². The molecule has 1 amide bonds. The van der Waals surface area contributed by atoms with Gasteiger partial charge in [-0.15, -0.1) is 0 Å². The third-order valence-electron chi connectivity index (χ3n) is 4.82. The minimum absolute atomic E-state index is 0.0214. The van der Waals surface area contributed by atoms with Crippen molar-refractivity contribution in [1.82, 2.24) is 19.9 Å². The van der Waals surface area contributed by atoms with Crippen LogP contribution in [-0.4, -0.2) is 20.4 Å². The fourth-order valence-corrected chi connectivity index (χ4v) is 3.61. The number of aromatic amines is 1. The molecule has 0 bridgehead atoms. The summed E-state index contributed by atoms with van der Waals surface area (Å²) < 4.78 is 2.29. The van der Waals surface area contributed by atoms with Gasteiger partial charge >= 0.3 is 5.69 Å². The van der Waals surface area contributed by atoms with Crippen LogP contribution >= 0.6 is 15.9 Å². The van der Waals surface area contributed by atoms with Crippen LogP contribution < -0.4 is 16.6 Å². The molecule has 2 heterocycles. The number of hydrogen-bond donors (Lipinski definition) is 2. The lowest BCUT2D eigenvalue weighted by Crippen LogP contribution is -2.34. The fourth-order valence-electron chi connectivity index (χ4n) is 3.20. The van der Waals surface area contributed by atoms with Crippen molar-refractivity contribution in [2.24, 2.45) is 0 Å². The summed E-state index contributed by atoms with van der Waals surface area (Å²) in [5, 5.41) is 3.07. The first-order valence-corrected chi connectivity index (χ1v) is 10.3. The summed E-state index contributed by atoms with van der Waals surface area (Å²) in [5.74, 6) is -0.369. The Morgan fingerprint density at radius 2 is 1.97 bits per heavy atom. The predicted molar refractivity (Wildman–Crippen MR) is 116 cm³/mol. The molecular weight excluding hydrogens is 436 g/mol. The number of nitrogens with one attached hydrogen (secondary N) is 2. The van der Waals surface area contributed by atoms with E-state index in [1.54, 1.807) is 13.0 Å². The minimum atomic E-state index is -0.613. The molecule has 3 rings (SSSR count). The van der Waals surface area contributed by atoms with E-state index >= 15 is 0 Å². The maximum Gasteiger partial charge on any atom is 0.329 e. The molecule has 0 aliphatic rings. The lowest BCUT2D eigenvalue weighted by molar-refractivity contribution is 0.0941. The normalized spacial score (nSPS) is 12.3. The number of benzene rings is 1. The first-order valence-electron chi connectivity index (χ1n) is 9.47. The van der Waals surface area contributed by atoms with E-state index in [2.05, 4.69) is 31.2 Å². The highest BCUT2D eigenvalue weighted by molar-refractivity contribution is 9.10. The quantitative estimate of drug-likeness (QED) is 0.611. The summed E-state index contributed by atoms with van der Waals surface area (Å²) in [6, 6.07) is 9.01. The van der Waals surface area contributed by atoms with E-state index in [-0.39, 0.29) is 28.6 Å². The van der Waals surface area contributed by atoms with Gasteiger partial charge in [-0.05, 0) is 43.5 Å². The third-order valence-corrected chi connectivity index (χ3v) is 5.31. The Hall–Kier alpha value is -2.74. The van der Waals surface area contributed by atoms with Crippen LogP contribution in [0.3, 0.4) is 0 Å². The Balaban J connectivity index is 2.16. The molecule has 0 fully saturated rings. The summed E-state index contributed by atoms with van der Waals surface area (Å²) in [4.78, 5) is 44.7. The second kappa shape index (κ2) is 8.32. The van der Waals surface area contributed by atoms with Crippen LogP contribution in [0.4, 0.5) is 0 Å². The van der Waals surface area contributed by atoms with Crippen LogP contribution in [0.25, 0.3) is 11.0 Å². The van der Waals surface area contributed by atoms with Crippen molar-refractivity contribution >= 4 is 32.9 Å². The lowest BCUT2D eigenvalue weighted by atomic mass is 10.0. The maximum absolute atomic E-state index is 13.1. The van der Waals surface area contributed by atoms with E-state index in [4.69, 9.17) is 0 Å². The average molecular weight is 459 g/mol. The molecule has 2 N–H and O–H groups in total. The standard InChI is InChI=1S/C21H23BrN4O3/c1-5-26-18-17(20(28)25-21(26)29)15(10-16(24-18)11(2)3)19(27)23-12(4)13-7-6-8-14(22)9-13/h6-12H,5H2,1-4H3,(H,23,27)(H,25,28,29). The van der Waals surface area contributed by atoms with Crippen molar-refractivity contribution < 1.29 is 4.79 Å². The topological polar surface area (TPSA) is 96.9 Å². The molecule has 1 unspecified atom stereocenters. The number of nitrogens with zero attached hydrogens (tertiary/aromatic N) is 2. The molecule has 0 aliphatic carbocycles. The second-order valence-electron chi connectivity index (χ2n) is 7.20. The number of pyridine rings is 1. The van der Waals surface area contributed by atoms with Crippen LogP contribution in [0, 0.1) is 0 Å². The minimum Gasteiger partial charge on any atom is -0.345 e. The zero-order valence-electron chi connectivity index (χ0n) is 16.7. The van der Waals surface area contributed by atoms with E-state index in [0.717, 1.165) is 10.0 Å². The Morgan fingerprint density at radius 3 is 2.59 bits per heavy atom. The molecule has 8 heteroatoms. The average Bonchev–Trinajstić information content (AvgIpc) is 2.67. The Kier molecular flexibility index (Phi) is 6.02. The summed E-state index contributed by atoms with van der Waals surface area (Å²) in [5.41, 5.74) is 0.862. The molecule has 29 heavy (non-hydrogen) atoms. The maximum atomic E-state index is 13.1. The Morgan fingerprint density at radius 1 is 1.24 bits per heavy atom. The lowest BCUT2D eigenvalue weighted by Gasteiger charge is -2.17. The van der Waals surface area contributed by atoms with E-state index in [1.807, 2.05) is 45.0 Å². The number of hydrogen-bond acceptors (Lipinski definition) is 4. The molecule has 0 saturated heterocycles. The van der Waals surface area contributed by atoms with Gasteiger partial charge in [0.1, 0.15) is 0 Å². The number of carbonyl (C=O) groups is 1. The van der Waals surface area contributed by atoms with E-state index in [0.29, 0.717) is 12.2 Å². The van der Waals surface area contributed by atoms with Gasteiger partial charge in [-0.25, -0.2) is 9.78 Å². The van der Waals surface area contributed by atoms with Crippen molar-refractivity contribution in [1.29, 1.82) is 0 Å². The van der Waals surface area contributed by atoms with Gasteiger partial charge in [-0.2, -0.15) is 0 Å². The molecule has 0 spiro atoms. The third kappa shape index (κ3) is 4.17. The predicted octanol–water partition coefficient (Wildman–Crippen LogP) is 3.48. The smallest absolute Gasteiger partial charge is 0.329 e. The summed E-state index contributed by atoms with van der Waals surface area (Å²) in [6.07, 6.45) is 0. The highest BCUT2D eigenvalue weighted by atomic mass is 79.9. The molecular formula is C21H23BrN4O3. The Labute approximate surface area is 176 Å². The second-order valence-corrected chi connectivity index (χ2v) is 8.12. The molecule has 0 radical (unpaired) electrons. The van der Waals surface area contributed by atoms with Crippen molar-refractivity contribution in [3.8, 4) is 0 Å². The van der Waals surface area contributed by atoms with Gasteiger partial charge in [0.2, 0.25) is 0 Å². The molecule has 152 valence electrons. The number of fused-ring (bicyclic) bond motifs is 1. The van der Waals surface area contributed by atoms with E-state index in [9.17, 15) is 14.4 Å². The first kappa shape index (κ1) is 21.0. The van der Waals surface area contributed by atoms with Crippen LogP contribution in [0.15, 0.2) is 44.4 Å². The van der Waals surface area contributed by atoms with Gasteiger partial charge < -0.3 is 5.32 Å². The number of aromatic nitrogens is 3. The van der Waals surface area contributed by atoms with Gasteiger partial charge in [0, 0.05) is 16.7 Å². The van der Waals surface area contributed by atoms with Crippen LogP contribution in [0.2, 0.25) is 0 Å². The van der Waals surface area contributed by atoms with Crippen molar-refractivity contribution in [3.05, 3.63) is 72.5 Å². The number of rotatable bonds is 5. The highest BCUT2D eigenvalue weighted by Gasteiger charge is 2.21. The van der Waals surface area contributed by atoms with Gasteiger partial charge in [0.15, 0.2) is 5.65 Å². The largest absolute Gasteiger partial charge is 0.345 e. The first-order chi connectivity index (χ1) is 13.7. The SMILES string of the molecule is CCn1c(=O)[nH]c(=O)c2c(C(=O)NC(C)c3cccc(Br)c3)cc(C(C)C)nc21. The van der Waals surface area contributed by atoms with Crippen LogP contribution in [-0.2, 0) is 6.54 Å². The summed E-state index contributed by atoms with van der Waals surface area (Å²) in [7, 11) is 0. The van der Waals surface area contributed by atoms with E-state index in [1.165, 1.54) is 4.57 Å². The van der Waals surface area contributed by atoms with Gasteiger partial charge in [0.25, 0.3) is 11.5 Å². The number of halogens is 1. The van der Waals surface area contributed by atoms with Crippen LogP contribution in [0.5, 0.6) is 0 Å². The van der Waals surface area contributed by atoms with Gasteiger partial charge in [0.05, 0.1) is 17.0 Å². The summed E-state index contributed by atoms with van der Waals surface area (Å²) >= 11 is 3.43. The zero-order chi connectivity index (χ0) is 21.3. The van der Waals surface area contributed by atoms with Crippen LogP contribution in [0.1, 0.15) is 61.3 Å².